The molecule has 0 N–H and O–H groups in total. The van der Waals surface area contributed by atoms with Gasteiger partial charge in [0.15, 0.2) is 0 Å². The van der Waals surface area contributed by atoms with E-state index in [4.69, 9.17) is 0 Å². The summed E-state index contributed by atoms with van der Waals surface area (Å²) in [4.78, 5) is 4.50. The van der Waals surface area contributed by atoms with Crippen molar-refractivity contribution in [3.63, 3.8) is 0 Å². The predicted octanol–water partition coefficient (Wildman–Crippen LogP) is 4.09. The summed E-state index contributed by atoms with van der Waals surface area (Å²) >= 11 is 0. The fourth-order valence-electron chi connectivity index (χ4n) is 4.45. The highest BCUT2D eigenvalue weighted by atomic mass is 14.7. The molecule has 1 nitrogen and oxygen atoms in total. The van der Waals surface area contributed by atoms with Crippen LogP contribution in [-0.4, -0.2) is 4.98 Å². The summed E-state index contributed by atoms with van der Waals surface area (Å²) in [5.41, 5.74) is 2.35. The molecule has 3 unspecified atom stereocenters. The Balaban J connectivity index is 1.83. The van der Waals surface area contributed by atoms with Crippen molar-refractivity contribution in [2.45, 2.75) is 46.5 Å². The van der Waals surface area contributed by atoms with Crippen LogP contribution in [0.1, 0.15) is 45.7 Å². The minimum absolute atomic E-state index is 0.534. The number of fused-ring (bicyclic) bond motifs is 2. The Morgan fingerprint density at radius 1 is 1.29 bits per heavy atom. The Morgan fingerprint density at radius 3 is 2.65 bits per heavy atom. The molecule has 3 atom stereocenters. The number of nitrogens with zero attached hydrogens (tertiary/aromatic N) is 1. The van der Waals surface area contributed by atoms with E-state index in [9.17, 15) is 0 Å². The van der Waals surface area contributed by atoms with Crippen molar-refractivity contribution in [2.24, 2.45) is 22.7 Å². The summed E-state index contributed by atoms with van der Waals surface area (Å²) < 4.78 is 0. The van der Waals surface area contributed by atoms with Gasteiger partial charge < -0.3 is 0 Å². The largest absolute Gasteiger partial charge is 0.261 e. The van der Waals surface area contributed by atoms with Crippen molar-refractivity contribution in [1.82, 2.24) is 4.98 Å². The second-order valence-electron chi connectivity index (χ2n) is 6.83. The molecule has 0 radical (unpaired) electrons. The van der Waals surface area contributed by atoms with Gasteiger partial charge in [0.2, 0.25) is 0 Å². The van der Waals surface area contributed by atoms with Gasteiger partial charge in [0.25, 0.3) is 0 Å². The molecule has 17 heavy (non-hydrogen) atoms. The first kappa shape index (κ1) is 11.3. The fourth-order valence-corrected chi connectivity index (χ4v) is 4.45. The van der Waals surface area contributed by atoms with Crippen LogP contribution in [0.15, 0.2) is 24.4 Å². The Morgan fingerprint density at radius 2 is 2.12 bits per heavy atom. The van der Waals surface area contributed by atoms with Gasteiger partial charge in [-0.25, -0.2) is 0 Å². The fraction of sp³-hybridized carbons (Fsp3) is 0.688. The maximum absolute atomic E-state index is 4.50. The summed E-state index contributed by atoms with van der Waals surface area (Å²) in [6, 6.07) is 6.31. The third-order valence-electron chi connectivity index (χ3n) is 6.16. The summed E-state index contributed by atoms with van der Waals surface area (Å²) in [6.07, 6.45) is 7.39. The Kier molecular flexibility index (Phi) is 2.36. The molecule has 0 spiro atoms. The topological polar surface area (TPSA) is 12.9 Å². The molecule has 1 heteroatoms. The summed E-state index contributed by atoms with van der Waals surface area (Å²) in [7, 11) is 0. The molecular formula is C16H23N. The predicted molar refractivity (Wildman–Crippen MR) is 70.7 cm³/mol. The van der Waals surface area contributed by atoms with Crippen molar-refractivity contribution < 1.29 is 0 Å². The molecule has 3 rings (SSSR count). The van der Waals surface area contributed by atoms with Gasteiger partial charge in [0.1, 0.15) is 0 Å². The third-order valence-corrected chi connectivity index (χ3v) is 6.16. The molecule has 0 amide bonds. The lowest BCUT2D eigenvalue weighted by Crippen LogP contribution is -2.33. The summed E-state index contributed by atoms with van der Waals surface area (Å²) in [5, 5.41) is 0. The lowest BCUT2D eigenvalue weighted by Gasteiger charge is -2.39. The van der Waals surface area contributed by atoms with Crippen LogP contribution in [0.4, 0.5) is 0 Å². The normalized spacial score (nSPS) is 38.5. The van der Waals surface area contributed by atoms with Crippen molar-refractivity contribution in [1.29, 1.82) is 0 Å². The van der Waals surface area contributed by atoms with Gasteiger partial charge in [-0.1, -0.05) is 26.8 Å². The second-order valence-corrected chi connectivity index (χ2v) is 6.83. The minimum Gasteiger partial charge on any atom is -0.261 e. The monoisotopic (exact) mass is 229 g/mol. The highest BCUT2D eigenvalue weighted by Crippen LogP contribution is 2.68. The first-order chi connectivity index (χ1) is 8.04. The van der Waals surface area contributed by atoms with Crippen LogP contribution in [0, 0.1) is 22.7 Å². The molecule has 0 aromatic carbocycles. The Bertz CT molecular complexity index is 409. The molecule has 2 aliphatic rings. The van der Waals surface area contributed by atoms with Crippen molar-refractivity contribution >= 4 is 0 Å². The molecule has 2 fully saturated rings. The number of hydrogen-bond acceptors (Lipinski definition) is 1. The number of hydrogen-bond donors (Lipinski definition) is 0. The molecule has 1 aromatic rings. The van der Waals surface area contributed by atoms with Crippen LogP contribution in [0.5, 0.6) is 0 Å². The molecule has 1 heterocycles. The number of rotatable bonds is 2. The van der Waals surface area contributed by atoms with Crippen LogP contribution < -0.4 is 0 Å². The standard InChI is InChI=1S/C16H23N/c1-15(2)12-7-8-16(15,3)13(10-12)11-14-6-4-5-9-17-14/h4-6,9,12-13H,7-8,10-11H2,1-3H3. The van der Waals surface area contributed by atoms with E-state index in [1.807, 2.05) is 12.3 Å². The van der Waals surface area contributed by atoms with Crippen molar-refractivity contribution in [3.8, 4) is 0 Å². The van der Waals surface area contributed by atoms with E-state index in [2.05, 4.69) is 37.9 Å². The number of pyridine rings is 1. The zero-order chi connectivity index (χ0) is 12.1. The van der Waals surface area contributed by atoms with E-state index >= 15 is 0 Å². The molecular weight excluding hydrogens is 206 g/mol. The summed E-state index contributed by atoms with van der Waals surface area (Å²) in [6.45, 7) is 7.50. The van der Waals surface area contributed by atoms with Crippen LogP contribution in [-0.2, 0) is 6.42 Å². The van der Waals surface area contributed by atoms with Gasteiger partial charge in [-0.2, -0.15) is 0 Å². The second kappa shape index (κ2) is 3.57. The Labute approximate surface area is 105 Å². The van der Waals surface area contributed by atoms with Gasteiger partial charge >= 0.3 is 0 Å². The minimum atomic E-state index is 0.534. The molecule has 0 aliphatic heterocycles. The smallest absolute Gasteiger partial charge is 0.0406 e. The van der Waals surface area contributed by atoms with Crippen LogP contribution >= 0.6 is 0 Å². The first-order valence-electron chi connectivity index (χ1n) is 6.94. The van der Waals surface area contributed by atoms with Crippen molar-refractivity contribution in [2.75, 3.05) is 0 Å². The quantitative estimate of drug-likeness (QED) is 0.744. The lowest BCUT2D eigenvalue weighted by molar-refractivity contribution is 0.102. The molecule has 2 saturated carbocycles. The maximum atomic E-state index is 4.50. The van der Waals surface area contributed by atoms with Gasteiger partial charge in [-0.3, -0.25) is 4.98 Å². The van der Waals surface area contributed by atoms with Gasteiger partial charge in [-0.05, 0) is 60.5 Å². The Hall–Kier alpha value is -0.850. The zero-order valence-corrected chi connectivity index (χ0v) is 11.2. The van der Waals surface area contributed by atoms with Crippen LogP contribution in [0.2, 0.25) is 0 Å². The lowest BCUT2D eigenvalue weighted by atomic mass is 9.66. The van der Waals surface area contributed by atoms with E-state index in [0.29, 0.717) is 10.8 Å². The highest BCUT2D eigenvalue weighted by Gasteiger charge is 2.60. The molecule has 0 saturated heterocycles. The van der Waals surface area contributed by atoms with E-state index in [0.717, 1.165) is 11.8 Å². The van der Waals surface area contributed by atoms with Crippen LogP contribution in [0.25, 0.3) is 0 Å². The number of aromatic nitrogens is 1. The summed E-state index contributed by atoms with van der Waals surface area (Å²) in [5.74, 6) is 1.78. The third kappa shape index (κ3) is 1.47. The first-order valence-corrected chi connectivity index (χ1v) is 6.94. The average Bonchev–Trinajstić information content (AvgIpc) is 2.63. The maximum Gasteiger partial charge on any atom is 0.0406 e. The zero-order valence-electron chi connectivity index (χ0n) is 11.2. The van der Waals surface area contributed by atoms with E-state index < -0.39 is 0 Å². The molecule has 2 bridgehead atoms. The molecule has 2 aliphatic carbocycles. The van der Waals surface area contributed by atoms with E-state index in [1.165, 1.54) is 31.4 Å². The average molecular weight is 229 g/mol. The van der Waals surface area contributed by atoms with E-state index in [1.54, 1.807) is 0 Å². The van der Waals surface area contributed by atoms with Crippen LogP contribution in [0.3, 0.4) is 0 Å². The van der Waals surface area contributed by atoms with E-state index in [-0.39, 0.29) is 0 Å². The van der Waals surface area contributed by atoms with Gasteiger partial charge in [-0.15, -0.1) is 0 Å². The van der Waals surface area contributed by atoms with Crippen molar-refractivity contribution in [3.05, 3.63) is 30.1 Å². The molecule has 1 aromatic heterocycles. The molecule has 92 valence electrons. The van der Waals surface area contributed by atoms with Gasteiger partial charge in [0.05, 0.1) is 0 Å². The highest BCUT2D eigenvalue weighted by molar-refractivity contribution is 5.14. The SMILES string of the molecule is CC1(C)C2CCC1(C)C(Cc1ccccn1)C2. The van der Waals surface area contributed by atoms with Gasteiger partial charge in [0, 0.05) is 11.9 Å².